The van der Waals surface area contributed by atoms with Crippen LogP contribution in [-0.2, 0) is 14.4 Å². The smallest absolute Gasteiger partial charge is 0.372 e. The van der Waals surface area contributed by atoms with E-state index in [1.54, 1.807) is 0 Å². The fourth-order valence-electron chi connectivity index (χ4n) is 1.87. The molecule has 7 nitrogen and oxygen atoms in total. The van der Waals surface area contributed by atoms with Crippen molar-refractivity contribution in [3.8, 4) is 0 Å². The molecule has 0 radical (unpaired) electrons. The number of carboxylic acids is 1. The Morgan fingerprint density at radius 3 is 2.57 bits per heavy atom. The predicted molar refractivity (Wildman–Crippen MR) is 72.6 cm³/mol. The van der Waals surface area contributed by atoms with Crippen LogP contribution in [0.1, 0.15) is 38.5 Å². The molecule has 0 saturated heterocycles. The Kier molecular flexibility index (Phi) is 7.38. The van der Waals surface area contributed by atoms with Crippen LogP contribution >= 0.6 is 0 Å². The van der Waals surface area contributed by atoms with E-state index < -0.39 is 29.8 Å². The van der Waals surface area contributed by atoms with Gasteiger partial charge in [-0.25, -0.2) is 4.79 Å². The van der Waals surface area contributed by atoms with E-state index in [0.717, 1.165) is 31.9 Å². The summed E-state index contributed by atoms with van der Waals surface area (Å²) in [5.74, 6) is -3.69. The number of ketones is 1. The number of amides is 1. The molecule has 1 unspecified atom stereocenters. The molecule has 0 spiro atoms. The van der Waals surface area contributed by atoms with Crippen molar-refractivity contribution in [1.82, 2.24) is 16.0 Å². The lowest BCUT2D eigenvalue weighted by Crippen LogP contribution is -2.56. The Balaban J connectivity index is 1.95. The van der Waals surface area contributed by atoms with Crippen LogP contribution in [0.3, 0.4) is 0 Å². The molecule has 1 atom stereocenters. The number of carbonyl (C=O) groups is 3. The van der Waals surface area contributed by atoms with Crippen LogP contribution in [0.15, 0.2) is 12.0 Å². The second kappa shape index (κ2) is 9.06. The molecule has 1 amide bonds. The average molecular weight is 301 g/mol. The second-order valence-corrected chi connectivity index (χ2v) is 4.77. The van der Waals surface area contributed by atoms with Crippen molar-refractivity contribution in [1.29, 1.82) is 0 Å². The Morgan fingerprint density at radius 2 is 1.90 bits per heavy atom. The first kappa shape index (κ1) is 17.1. The molecule has 118 valence electrons. The van der Waals surface area contributed by atoms with E-state index in [1.807, 2.05) is 0 Å². The molecule has 0 fully saturated rings. The molecule has 1 aliphatic rings. The fraction of sp³-hybridized carbons (Fsp3) is 0.615. The lowest BCUT2D eigenvalue weighted by Gasteiger charge is -2.23. The minimum atomic E-state index is -1.37. The van der Waals surface area contributed by atoms with Crippen molar-refractivity contribution in [2.75, 3.05) is 6.54 Å². The lowest BCUT2D eigenvalue weighted by molar-refractivity contribution is -0.149. The second-order valence-electron chi connectivity index (χ2n) is 4.77. The van der Waals surface area contributed by atoms with Crippen molar-refractivity contribution >= 4 is 17.7 Å². The number of rotatable bonds is 10. The third kappa shape index (κ3) is 6.84. The molecule has 0 aromatic heterocycles. The van der Waals surface area contributed by atoms with Gasteiger partial charge >= 0.3 is 5.97 Å². The summed E-state index contributed by atoms with van der Waals surface area (Å²) in [6.45, 7) is 0.654. The zero-order valence-corrected chi connectivity index (χ0v) is 11.7. The summed E-state index contributed by atoms with van der Waals surface area (Å²) in [6, 6.07) is 0. The molecule has 0 aliphatic carbocycles. The van der Waals surface area contributed by atoms with Gasteiger partial charge in [-0.15, -0.1) is 0 Å². The zero-order chi connectivity index (χ0) is 15.7. The van der Waals surface area contributed by atoms with Gasteiger partial charge in [-0.1, -0.05) is 19.3 Å². The first-order chi connectivity index (χ1) is 10.0. The molecule has 8 heteroatoms. The van der Waals surface area contributed by atoms with E-state index in [0.29, 0.717) is 13.0 Å². The van der Waals surface area contributed by atoms with E-state index in [4.69, 9.17) is 5.11 Å². The molecular formula is C13H20FN3O4. The SMILES string of the molecule is O=C(O)C(=O)CCCCCCCNC1NC=C(F)C(=O)N1. The maximum atomic E-state index is 12.7. The number of carboxylic acid groups (broad SMARTS) is 1. The minimum absolute atomic E-state index is 0.0868. The van der Waals surface area contributed by atoms with Crippen LogP contribution < -0.4 is 16.0 Å². The highest BCUT2D eigenvalue weighted by molar-refractivity contribution is 6.32. The molecular weight excluding hydrogens is 281 g/mol. The number of Topliss-reactive ketones (excluding diaryl/α,β-unsaturated/α-hetero) is 1. The summed E-state index contributed by atoms with van der Waals surface area (Å²) in [5.41, 5.74) is 0. The topological polar surface area (TPSA) is 108 Å². The van der Waals surface area contributed by atoms with Crippen LogP contribution in [0.4, 0.5) is 4.39 Å². The third-order valence-corrected chi connectivity index (χ3v) is 3.04. The van der Waals surface area contributed by atoms with Gasteiger partial charge in [0, 0.05) is 12.6 Å². The van der Waals surface area contributed by atoms with Gasteiger partial charge in [-0.05, 0) is 19.4 Å². The van der Waals surface area contributed by atoms with Crippen molar-refractivity contribution in [2.45, 2.75) is 44.8 Å². The van der Waals surface area contributed by atoms with Crippen molar-refractivity contribution < 1.29 is 23.9 Å². The monoisotopic (exact) mass is 301 g/mol. The first-order valence-corrected chi connectivity index (χ1v) is 6.93. The van der Waals surface area contributed by atoms with Crippen LogP contribution in [0, 0.1) is 0 Å². The number of unbranched alkanes of at least 4 members (excludes halogenated alkanes) is 4. The maximum Gasteiger partial charge on any atom is 0.372 e. The number of hydrogen-bond donors (Lipinski definition) is 4. The molecule has 0 saturated carbocycles. The van der Waals surface area contributed by atoms with Gasteiger partial charge in [0.2, 0.25) is 11.6 Å². The van der Waals surface area contributed by atoms with Crippen LogP contribution in [0.2, 0.25) is 0 Å². The van der Waals surface area contributed by atoms with Gasteiger partial charge < -0.3 is 15.7 Å². The molecule has 1 aliphatic heterocycles. The van der Waals surface area contributed by atoms with E-state index in [1.165, 1.54) is 0 Å². The van der Waals surface area contributed by atoms with Crippen LogP contribution in [-0.4, -0.2) is 35.6 Å². The molecule has 0 bridgehead atoms. The molecule has 0 aromatic carbocycles. The molecule has 1 heterocycles. The van der Waals surface area contributed by atoms with Crippen LogP contribution in [0.25, 0.3) is 0 Å². The van der Waals surface area contributed by atoms with Crippen molar-refractivity contribution in [3.05, 3.63) is 12.0 Å². The number of carbonyl (C=O) groups excluding carboxylic acids is 2. The van der Waals surface area contributed by atoms with Gasteiger partial charge in [0.25, 0.3) is 5.91 Å². The van der Waals surface area contributed by atoms with Gasteiger partial charge in [0.15, 0.2) is 6.29 Å². The van der Waals surface area contributed by atoms with E-state index in [2.05, 4.69) is 16.0 Å². The van der Waals surface area contributed by atoms with Gasteiger partial charge in [0.1, 0.15) is 0 Å². The minimum Gasteiger partial charge on any atom is -0.476 e. The number of halogens is 1. The third-order valence-electron chi connectivity index (χ3n) is 3.04. The molecule has 0 aromatic rings. The highest BCUT2D eigenvalue weighted by Crippen LogP contribution is 2.06. The van der Waals surface area contributed by atoms with E-state index in [9.17, 15) is 18.8 Å². The van der Waals surface area contributed by atoms with Crippen molar-refractivity contribution in [3.63, 3.8) is 0 Å². The number of hydrogen-bond acceptors (Lipinski definition) is 5. The zero-order valence-electron chi connectivity index (χ0n) is 11.7. The Hall–Kier alpha value is -1.96. The predicted octanol–water partition coefficient (Wildman–Crippen LogP) is 0.384. The summed E-state index contributed by atoms with van der Waals surface area (Å²) in [6.07, 6.45) is 4.75. The largest absolute Gasteiger partial charge is 0.476 e. The summed E-state index contributed by atoms with van der Waals surface area (Å²) < 4.78 is 12.7. The lowest BCUT2D eigenvalue weighted by atomic mass is 10.1. The van der Waals surface area contributed by atoms with Gasteiger partial charge in [0.05, 0.1) is 0 Å². The number of nitrogens with one attached hydrogen (secondary N) is 3. The van der Waals surface area contributed by atoms with Gasteiger partial charge in [-0.3, -0.25) is 14.9 Å². The van der Waals surface area contributed by atoms with E-state index >= 15 is 0 Å². The average Bonchev–Trinajstić information content (AvgIpc) is 2.45. The van der Waals surface area contributed by atoms with Gasteiger partial charge in [-0.2, -0.15) is 4.39 Å². The molecule has 21 heavy (non-hydrogen) atoms. The first-order valence-electron chi connectivity index (χ1n) is 6.93. The summed E-state index contributed by atoms with van der Waals surface area (Å²) in [4.78, 5) is 32.1. The molecule has 1 rings (SSSR count). The summed E-state index contributed by atoms with van der Waals surface area (Å²) >= 11 is 0. The standard InChI is InChI=1S/C13H20FN3O4/c14-9-8-16-13(17-11(9)19)15-7-5-3-1-2-4-6-10(18)12(20)21/h8,13,15-16H,1-7H2,(H,17,19)(H,20,21). The maximum absolute atomic E-state index is 12.7. The molecule has 4 N–H and O–H groups in total. The summed E-state index contributed by atoms with van der Waals surface area (Å²) in [7, 11) is 0. The number of aliphatic carboxylic acids is 1. The Morgan fingerprint density at radius 1 is 1.24 bits per heavy atom. The highest BCUT2D eigenvalue weighted by atomic mass is 19.1. The normalized spacial score (nSPS) is 17.7. The van der Waals surface area contributed by atoms with Crippen molar-refractivity contribution in [2.24, 2.45) is 0 Å². The van der Waals surface area contributed by atoms with Crippen LogP contribution in [0.5, 0.6) is 0 Å². The highest BCUT2D eigenvalue weighted by Gasteiger charge is 2.18. The summed E-state index contributed by atoms with van der Waals surface area (Å²) in [5, 5.41) is 16.5. The Labute approximate surface area is 122 Å². The fourth-order valence-corrected chi connectivity index (χ4v) is 1.87. The van der Waals surface area contributed by atoms with E-state index in [-0.39, 0.29) is 6.42 Å². The Bertz CT molecular complexity index is 426. The quantitative estimate of drug-likeness (QED) is 0.343.